The van der Waals surface area contributed by atoms with Gasteiger partial charge < -0.3 is 10.7 Å². The van der Waals surface area contributed by atoms with Crippen molar-refractivity contribution in [1.82, 2.24) is 4.98 Å². The quantitative estimate of drug-likeness (QED) is 0.718. The van der Waals surface area contributed by atoms with Gasteiger partial charge in [-0.15, -0.1) is 0 Å². The van der Waals surface area contributed by atoms with Gasteiger partial charge in [-0.1, -0.05) is 43.5 Å². The predicted octanol–water partition coefficient (Wildman–Crippen LogP) is 4.51. The summed E-state index contributed by atoms with van der Waals surface area (Å²) in [5.41, 5.74) is 10.1. The molecule has 1 unspecified atom stereocenters. The lowest BCUT2D eigenvalue weighted by Crippen LogP contribution is -2.19. The van der Waals surface area contributed by atoms with Gasteiger partial charge >= 0.3 is 0 Å². The minimum Gasteiger partial charge on any atom is -0.355 e. The minimum absolute atomic E-state index is 0.179. The summed E-state index contributed by atoms with van der Waals surface area (Å²) in [4.78, 5) is 3.47. The molecule has 0 amide bonds. The predicted molar refractivity (Wildman–Crippen MR) is 84.7 cm³/mol. The van der Waals surface area contributed by atoms with Crippen LogP contribution in [0.1, 0.15) is 37.3 Å². The third-order valence-electron chi connectivity index (χ3n) is 4.77. The largest absolute Gasteiger partial charge is 0.355 e. The molecular weight excluding hydrogens is 244 g/mol. The van der Waals surface area contributed by atoms with Crippen LogP contribution in [0.15, 0.2) is 42.5 Å². The van der Waals surface area contributed by atoms with Crippen molar-refractivity contribution in [3.8, 4) is 0 Å². The van der Waals surface area contributed by atoms with Gasteiger partial charge in [0.2, 0.25) is 0 Å². The molecule has 1 atom stereocenters. The normalized spacial score (nSPS) is 17.4. The van der Waals surface area contributed by atoms with E-state index in [1.54, 1.807) is 0 Å². The molecule has 3 N–H and O–H groups in total. The van der Waals surface area contributed by atoms with Gasteiger partial charge in [0.15, 0.2) is 0 Å². The van der Waals surface area contributed by atoms with E-state index < -0.39 is 0 Å². The lowest BCUT2D eigenvalue weighted by molar-refractivity contribution is 0.277. The van der Waals surface area contributed by atoms with Crippen molar-refractivity contribution in [2.45, 2.75) is 31.7 Å². The number of nitrogens with one attached hydrogen (secondary N) is 1. The number of nitrogens with two attached hydrogens (primary N) is 1. The van der Waals surface area contributed by atoms with Gasteiger partial charge in [0.25, 0.3) is 0 Å². The molecule has 4 rings (SSSR count). The van der Waals surface area contributed by atoms with E-state index in [0.717, 1.165) is 12.3 Å². The number of aromatic amines is 1. The van der Waals surface area contributed by atoms with Crippen LogP contribution >= 0.6 is 0 Å². The Balaban J connectivity index is 1.74. The first-order valence-electron chi connectivity index (χ1n) is 7.57. The molecule has 3 aromatic rings. The maximum absolute atomic E-state index is 6.40. The maximum Gasteiger partial charge on any atom is 0.0465 e. The van der Waals surface area contributed by atoms with E-state index in [0.29, 0.717) is 0 Å². The smallest absolute Gasteiger partial charge is 0.0465 e. The third-order valence-corrected chi connectivity index (χ3v) is 4.77. The van der Waals surface area contributed by atoms with Crippen LogP contribution in [0.25, 0.3) is 21.8 Å². The third kappa shape index (κ3) is 1.92. The van der Waals surface area contributed by atoms with E-state index >= 15 is 0 Å². The average molecular weight is 264 g/mol. The zero-order chi connectivity index (χ0) is 13.5. The second kappa shape index (κ2) is 4.64. The Bertz CT molecular complexity index is 752. The molecule has 1 fully saturated rings. The summed E-state index contributed by atoms with van der Waals surface area (Å²) in [5.74, 6) is 0.851. The molecule has 2 aromatic carbocycles. The lowest BCUT2D eigenvalue weighted by Gasteiger charge is -2.28. The number of rotatable bonds is 3. The second-order valence-electron chi connectivity index (χ2n) is 6.11. The molecule has 1 aromatic heterocycles. The fourth-order valence-corrected chi connectivity index (χ4v) is 3.32. The van der Waals surface area contributed by atoms with Crippen LogP contribution in [0, 0.1) is 5.92 Å². The maximum atomic E-state index is 6.40. The van der Waals surface area contributed by atoms with E-state index in [4.69, 9.17) is 5.73 Å². The number of para-hydroxylation sites is 1. The first-order chi connectivity index (χ1) is 9.81. The molecular formula is C18H20N2. The first kappa shape index (κ1) is 12.0. The summed E-state index contributed by atoms with van der Waals surface area (Å²) in [6.07, 6.45) is 5.25. The number of hydrogen-bond acceptors (Lipinski definition) is 1. The number of fused-ring (bicyclic) bond motifs is 3. The van der Waals surface area contributed by atoms with Crippen molar-refractivity contribution in [3.05, 3.63) is 48.0 Å². The number of aromatic nitrogens is 1. The highest BCUT2D eigenvalue weighted by Gasteiger charge is 2.21. The number of hydrogen-bond donors (Lipinski definition) is 2. The van der Waals surface area contributed by atoms with Crippen LogP contribution in [0.5, 0.6) is 0 Å². The lowest BCUT2D eigenvalue weighted by atomic mass is 9.80. The van der Waals surface area contributed by atoms with Gasteiger partial charge in [-0.2, -0.15) is 0 Å². The molecule has 0 bridgehead atoms. The summed E-state index contributed by atoms with van der Waals surface area (Å²) in [6, 6.07) is 15.3. The molecule has 1 aliphatic carbocycles. The standard InChI is InChI=1S/C18H20N2/c19-16(10-12-4-3-5-12)13-8-9-18-15(11-13)14-6-1-2-7-17(14)20-18/h1-2,6-9,11-12,16,20H,3-5,10,19H2. The number of H-pyrrole nitrogens is 1. The van der Waals surface area contributed by atoms with E-state index in [1.165, 1.54) is 46.6 Å². The Morgan fingerprint density at radius 1 is 1.05 bits per heavy atom. The van der Waals surface area contributed by atoms with Crippen molar-refractivity contribution in [2.75, 3.05) is 0 Å². The molecule has 1 heterocycles. The minimum atomic E-state index is 0.179. The molecule has 102 valence electrons. The molecule has 0 spiro atoms. The van der Waals surface area contributed by atoms with Crippen LogP contribution in [-0.4, -0.2) is 4.98 Å². The van der Waals surface area contributed by atoms with Gasteiger partial charge in [-0.05, 0) is 36.1 Å². The number of benzene rings is 2. The molecule has 1 saturated carbocycles. The second-order valence-corrected chi connectivity index (χ2v) is 6.11. The molecule has 2 nitrogen and oxygen atoms in total. The Hall–Kier alpha value is -1.80. The molecule has 2 heteroatoms. The van der Waals surface area contributed by atoms with Crippen molar-refractivity contribution in [1.29, 1.82) is 0 Å². The monoisotopic (exact) mass is 264 g/mol. The van der Waals surface area contributed by atoms with Gasteiger partial charge in [-0.3, -0.25) is 0 Å². The molecule has 0 aliphatic heterocycles. The van der Waals surface area contributed by atoms with Gasteiger partial charge in [0.05, 0.1) is 0 Å². The van der Waals surface area contributed by atoms with Gasteiger partial charge in [0.1, 0.15) is 0 Å². The topological polar surface area (TPSA) is 41.8 Å². The zero-order valence-corrected chi connectivity index (χ0v) is 11.6. The molecule has 0 radical (unpaired) electrons. The Kier molecular flexibility index (Phi) is 2.78. The first-order valence-corrected chi connectivity index (χ1v) is 7.57. The van der Waals surface area contributed by atoms with Crippen molar-refractivity contribution in [3.63, 3.8) is 0 Å². The van der Waals surface area contributed by atoms with E-state index in [-0.39, 0.29) is 6.04 Å². The summed E-state index contributed by atoms with van der Waals surface area (Å²) in [6.45, 7) is 0. The Morgan fingerprint density at radius 2 is 1.85 bits per heavy atom. The molecule has 1 aliphatic rings. The summed E-state index contributed by atoms with van der Waals surface area (Å²) in [5, 5.41) is 2.59. The highest BCUT2D eigenvalue weighted by molar-refractivity contribution is 6.07. The van der Waals surface area contributed by atoms with Crippen LogP contribution in [0.3, 0.4) is 0 Å². The Labute approximate surface area is 119 Å². The SMILES string of the molecule is NC(CC1CCC1)c1ccc2[nH]c3ccccc3c2c1. The van der Waals surface area contributed by atoms with Crippen molar-refractivity contribution < 1.29 is 0 Å². The van der Waals surface area contributed by atoms with Crippen LogP contribution in [0.2, 0.25) is 0 Å². The fourth-order valence-electron chi connectivity index (χ4n) is 3.32. The zero-order valence-electron chi connectivity index (χ0n) is 11.6. The van der Waals surface area contributed by atoms with E-state index in [2.05, 4.69) is 47.4 Å². The van der Waals surface area contributed by atoms with Crippen molar-refractivity contribution in [2.24, 2.45) is 11.7 Å². The molecule has 0 saturated heterocycles. The van der Waals surface area contributed by atoms with Crippen LogP contribution < -0.4 is 5.73 Å². The summed E-state index contributed by atoms with van der Waals surface area (Å²) >= 11 is 0. The fraction of sp³-hybridized carbons (Fsp3) is 0.333. The highest BCUT2D eigenvalue weighted by atomic mass is 14.7. The summed E-state index contributed by atoms with van der Waals surface area (Å²) < 4.78 is 0. The highest BCUT2D eigenvalue weighted by Crippen LogP contribution is 2.35. The van der Waals surface area contributed by atoms with Crippen LogP contribution in [0.4, 0.5) is 0 Å². The van der Waals surface area contributed by atoms with E-state index in [9.17, 15) is 0 Å². The van der Waals surface area contributed by atoms with Gasteiger partial charge in [0, 0.05) is 27.8 Å². The van der Waals surface area contributed by atoms with Gasteiger partial charge in [-0.25, -0.2) is 0 Å². The Morgan fingerprint density at radius 3 is 2.65 bits per heavy atom. The van der Waals surface area contributed by atoms with Crippen LogP contribution in [-0.2, 0) is 0 Å². The molecule has 20 heavy (non-hydrogen) atoms. The average Bonchev–Trinajstić information content (AvgIpc) is 2.80. The summed E-state index contributed by atoms with van der Waals surface area (Å²) in [7, 11) is 0. The van der Waals surface area contributed by atoms with E-state index in [1.807, 2.05) is 0 Å². The van der Waals surface area contributed by atoms with Crippen molar-refractivity contribution >= 4 is 21.8 Å².